The molecule has 0 atom stereocenters. The van der Waals surface area contributed by atoms with Crippen molar-refractivity contribution in [3.05, 3.63) is 158 Å². The molecule has 0 amide bonds. The Hall–Kier alpha value is -5.73. The topological polar surface area (TPSA) is 17.8 Å². The van der Waals surface area contributed by atoms with E-state index in [-0.39, 0.29) is 0 Å². The second kappa shape index (κ2) is 9.40. The van der Waals surface area contributed by atoms with Gasteiger partial charge in [-0.1, -0.05) is 109 Å². The minimum atomic E-state index is 1.02. The Morgan fingerprint density at radius 3 is 1.51 bits per heavy atom. The van der Waals surface area contributed by atoms with Crippen molar-refractivity contribution >= 4 is 21.9 Å². The number of aromatic nitrogens is 2. The van der Waals surface area contributed by atoms with Gasteiger partial charge in [-0.15, -0.1) is 0 Å². The van der Waals surface area contributed by atoms with Crippen LogP contribution >= 0.6 is 0 Å². The van der Waals surface area contributed by atoms with Crippen molar-refractivity contribution in [2.45, 2.75) is 0 Å². The number of para-hydroxylation sites is 1. The van der Waals surface area contributed by atoms with Gasteiger partial charge in [-0.2, -0.15) is 0 Å². The zero-order valence-electron chi connectivity index (χ0n) is 23.4. The molecule has 0 unspecified atom stereocenters. The molecular formula is C41H26N2. The van der Waals surface area contributed by atoms with Crippen LogP contribution in [0, 0.1) is 0 Å². The van der Waals surface area contributed by atoms with Crippen molar-refractivity contribution in [2.75, 3.05) is 0 Å². The van der Waals surface area contributed by atoms with Crippen LogP contribution in [0.25, 0.3) is 83.3 Å². The minimum Gasteiger partial charge on any atom is -0.308 e. The fraction of sp³-hybridized carbons (Fsp3) is 0. The maximum absolute atomic E-state index is 4.84. The summed E-state index contributed by atoms with van der Waals surface area (Å²) in [6.07, 6.45) is 1.89. The van der Waals surface area contributed by atoms with Gasteiger partial charge >= 0.3 is 0 Å². The third-order valence-electron chi connectivity index (χ3n) is 8.83. The monoisotopic (exact) mass is 546 g/mol. The Kier molecular flexibility index (Phi) is 5.23. The molecule has 9 rings (SSSR count). The largest absolute Gasteiger partial charge is 0.308 e. The number of rotatable bonds is 2. The van der Waals surface area contributed by atoms with E-state index in [0.717, 1.165) is 27.6 Å². The first kappa shape index (κ1) is 23.9. The maximum Gasteiger partial charge on any atom is 0.0963 e. The minimum absolute atomic E-state index is 1.02. The van der Waals surface area contributed by atoms with Gasteiger partial charge in [-0.05, 0) is 98.1 Å². The Bertz CT molecular complexity index is 2340. The molecule has 43 heavy (non-hydrogen) atoms. The number of hydrogen-bond donors (Lipinski definition) is 0. The summed E-state index contributed by atoms with van der Waals surface area (Å²) in [5.41, 5.74) is 16.9. The van der Waals surface area contributed by atoms with E-state index in [1.165, 1.54) is 55.6 Å². The highest BCUT2D eigenvalue weighted by Crippen LogP contribution is 2.48. The summed E-state index contributed by atoms with van der Waals surface area (Å²) in [6.45, 7) is 0. The first-order valence-corrected chi connectivity index (χ1v) is 14.7. The van der Waals surface area contributed by atoms with Gasteiger partial charge in [-0.25, -0.2) is 0 Å². The maximum atomic E-state index is 4.84. The van der Waals surface area contributed by atoms with E-state index in [1.807, 2.05) is 12.3 Å². The predicted octanol–water partition coefficient (Wildman–Crippen LogP) is 10.8. The van der Waals surface area contributed by atoms with Gasteiger partial charge in [0.05, 0.1) is 16.6 Å². The number of pyridine rings is 1. The lowest BCUT2D eigenvalue weighted by molar-refractivity contribution is 1.18. The zero-order valence-corrected chi connectivity index (χ0v) is 23.4. The third kappa shape index (κ3) is 3.63. The first-order valence-electron chi connectivity index (χ1n) is 14.7. The molecule has 8 aromatic rings. The molecule has 0 N–H and O–H groups in total. The standard InChI is InChI=1S/C41H26N2/c1-2-11-29(12-3-1)43-39-23-21-28(26-38(39)41-40(43)19-10-24-42-41)27-20-22-36-34-17-7-6-15-32(34)30-13-4-5-14-31(30)33-16-8-9-18-35(33)37(36)25-27/h1-26H. The van der Waals surface area contributed by atoms with E-state index in [9.17, 15) is 0 Å². The Labute approximate surface area is 250 Å². The van der Waals surface area contributed by atoms with Crippen LogP contribution in [0.1, 0.15) is 0 Å². The van der Waals surface area contributed by atoms with Gasteiger partial charge in [-0.3, -0.25) is 4.98 Å². The Morgan fingerprint density at radius 1 is 0.372 bits per heavy atom. The van der Waals surface area contributed by atoms with E-state index >= 15 is 0 Å². The molecule has 2 aromatic heterocycles. The zero-order chi connectivity index (χ0) is 28.3. The lowest BCUT2D eigenvalue weighted by Crippen LogP contribution is -1.97. The third-order valence-corrected chi connectivity index (χ3v) is 8.83. The summed E-state index contributed by atoms with van der Waals surface area (Å²) in [5.74, 6) is 0. The molecule has 2 heterocycles. The van der Waals surface area contributed by atoms with Crippen LogP contribution in [0.5, 0.6) is 0 Å². The molecule has 0 radical (unpaired) electrons. The molecule has 0 aliphatic heterocycles. The van der Waals surface area contributed by atoms with Gasteiger partial charge in [0.25, 0.3) is 0 Å². The quantitative estimate of drug-likeness (QED) is 0.211. The van der Waals surface area contributed by atoms with Crippen LogP contribution in [0.15, 0.2) is 158 Å². The van der Waals surface area contributed by atoms with Gasteiger partial charge in [0.2, 0.25) is 0 Å². The van der Waals surface area contributed by atoms with Crippen LogP contribution in [0.4, 0.5) is 0 Å². The van der Waals surface area contributed by atoms with Crippen LogP contribution in [0.2, 0.25) is 0 Å². The lowest BCUT2D eigenvalue weighted by atomic mass is 9.80. The van der Waals surface area contributed by atoms with Crippen LogP contribution < -0.4 is 0 Å². The molecular weight excluding hydrogens is 520 g/mol. The van der Waals surface area contributed by atoms with Gasteiger partial charge in [0.1, 0.15) is 0 Å². The van der Waals surface area contributed by atoms with Crippen molar-refractivity contribution in [3.63, 3.8) is 0 Å². The fourth-order valence-electron chi connectivity index (χ4n) is 6.91. The highest BCUT2D eigenvalue weighted by molar-refractivity contribution is 6.09. The lowest BCUT2D eigenvalue weighted by Gasteiger charge is -2.23. The molecule has 1 aliphatic carbocycles. The smallest absolute Gasteiger partial charge is 0.0963 e. The molecule has 0 fully saturated rings. The van der Waals surface area contributed by atoms with E-state index in [1.54, 1.807) is 0 Å². The molecule has 0 bridgehead atoms. The summed E-state index contributed by atoms with van der Waals surface area (Å²) in [7, 11) is 0. The summed E-state index contributed by atoms with van der Waals surface area (Å²) >= 11 is 0. The van der Waals surface area contributed by atoms with E-state index in [4.69, 9.17) is 4.98 Å². The van der Waals surface area contributed by atoms with E-state index < -0.39 is 0 Å². The molecule has 6 aromatic carbocycles. The van der Waals surface area contributed by atoms with Crippen molar-refractivity contribution in [3.8, 4) is 61.3 Å². The molecule has 0 spiro atoms. The summed E-state index contributed by atoms with van der Waals surface area (Å²) in [6, 6.07) is 54.9. The number of nitrogens with zero attached hydrogens (tertiary/aromatic N) is 2. The Morgan fingerprint density at radius 2 is 0.884 bits per heavy atom. The number of benzene rings is 6. The molecule has 2 heteroatoms. The molecule has 2 nitrogen and oxygen atoms in total. The second-order valence-corrected chi connectivity index (χ2v) is 11.2. The van der Waals surface area contributed by atoms with Gasteiger partial charge in [0, 0.05) is 17.3 Å². The Balaban J connectivity index is 1.29. The second-order valence-electron chi connectivity index (χ2n) is 11.2. The van der Waals surface area contributed by atoms with E-state index in [0.29, 0.717) is 0 Å². The normalized spacial score (nSPS) is 11.7. The SMILES string of the molecule is c1ccc(-n2c3ccc(-c4ccc5c(c4)-c4ccccc4-c4ccccc4-c4ccccc4-5)cc3c3ncccc32)cc1. The van der Waals surface area contributed by atoms with Crippen LogP contribution in [-0.2, 0) is 0 Å². The van der Waals surface area contributed by atoms with Crippen molar-refractivity contribution < 1.29 is 0 Å². The average Bonchev–Trinajstić information content (AvgIpc) is 3.41. The van der Waals surface area contributed by atoms with E-state index in [2.05, 4.69) is 150 Å². The summed E-state index contributed by atoms with van der Waals surface area (Å²) in [5, 5.41) is 1.16. The number of fused-ring (bicyclic) bond motifs is 11. The molecule has 0 saturated carbocycles. The highest BCUT2D eigenvalue weighted by Gasteiger charge is 2.22. The summed E-state index contributed by atoms with van der Waals surface area (Å²) < 4.78 is 2.31. The number of hydrogen-bond acceptors (Lipinski definition) is 1. The fourth-order valence-corrected chi connectivity index (χ4v) is 6.91. The summed E-state index contributed by atoms with van der Waals surface area (Å²) in [4.78, 5) is 4.84. The van der Waals surface area contributed by atoms with Crippen molar-refractivity contribution in [2.24, 2.45) is 0 Å². The molecule has 0 saturated heterocycles. The van der Waals surface area contributed by atoms with Gasteiger partial charge in [0.15, 0.2) is 0 Å². The van der Waals surface area contributed by atoms with Crippen molar-refractivity contribution in [1.29, 1.82) is 0 Å². The van der Waals surface area contributed by atoms with Crippen molar-refractivity contribution in [1.82, 2.24) is 9.55 Å². The first-order chi connectivity index (χ1) is 21.3. The van der Waals surface area contributed by atoms with Crippen LogP contribution in [-0.4, -0.2) is 9.55 Å². The molecule has 200 valence electrons. The highest BCUT2D eigenvalue weighted by atomic mass is 15.0. The van der Waals surface area contributed by atoms with Gasteiger partial charge < -0.3 is 4.57 Å². The average molecular weight is 547 g/mol. The van der Waals surface area contributed by atoms with Crippen LogP contribution in [0.3, 0.4) is 0 Å². The molecule has 1 aliphatic rings. The predicted molar refractivity (Wildman–Crippen MR) is 179 cm³/mol.